The summed E-state index contributed by atoms with van der Waals surface area (Å²) in [5.41, 5.74) is 2.51. The van der Waals surface area contributed by atoms with Crippen LogP contribution in [0.5, 0.6) is 5.75 Å². The Bertz CT molecular complexity index is 543. The van der Waals surface area contributed by atoms with Crippen molar-refractivity contribution in [2.24, 2.45) is 0 Å². The maximum absolute atomic E-state index is 9.58. The molecule has 0 aliphatic carbocycles. The summed E-state index contributed by atoms with van der Waals surface area (Å²) in [5.74, 6) is 0.330. The molecule has 0 bridgehead atoms. The number of aromatic nitrogens is 1. The summed E-state index contributed by atoms with van der Waals surface area (Å²) in [7, 11) is 1.98. The summed E-state index contributed by atoms with van der Waals surface area (Å²) in [4.78, 5) is 0. The fraction of sp³-hybridized carbons (Fsp3) is 0.467. The minimum absolute atomic E-state index is 0.330. The first-order valence-electron chi connectivity index (χ1n) is 6.53. The summed E-state index contributed by atoms with van der Waals surface area (Å²) in [6, 6.07) is 8.64. The maximum atomic E-state index is 9.58. The van der Waals surface area contributed by atoms with Gasteiger partial charge in [-0.05, 0) is 52.1 Å². The minimum atomic E-state index is 0.330. The second-order valence-electron chi connectivity index (χ2n) is 5.24. The van der Waals surface area contributed by atoms with Gasteiger partial charge in [0.05, 0.1) is 0 Å². The summed E-state index contributed by atoms with van der Waals surface area (Å²) in [5, 5.41) is 14.0. The number of benzene rings is 1. The van der Waals surface area contributed by atoms with Gasteiger partial charge in [0.1, 0.15) is 5.75 Å². The van der Waals surface area contributed by atoms with Crippen molar-refractivity contribution in [2.45, 2.75) is 39.3 Å². The van der Waals surface area contributed by atoms with E-state index in [0.717, 1.165) is 11.8 Å². The predicted molar refractivity (Wildman–Crippen MR) is 76.2 cm³/mol. The molecule has 0 saturated heterocycles. The van der Waals surface area contributed by atoms with Gasteiger partial charge in [-0.15, -0.1) is 0 Å². The van der Waals surface area contributed by atoms with Crippen LogP contribution in [-0.2, 0) is 6.42 Å². The molecule has 0 aliphatic rings. The quantitative estimate of drug-likeness (QED) is 0.870. The van der Waals surface area contributed by atoms with Crippen LogP contribution in [0.4, 0.5) is 0 Å². The second kappa shape index (κ2) is 5.02. The number of nitrogens with one attached hydrogen (secondary N) is 1. The Morgan fingerprint density at radius 2 is 1.94 bits per heavy atom. The molecule has 1 aromatic heterocycles. The van der Waals surface area contributed by atoms with Gasteiger partial charge in [-0.2, -0.15) is 0 Å². The lowest BCUT2D eigenvalue weighted by Crippen LogP contribution is -2.25. The van der Waals surface area contributed by atoms with Crippen molar-refractivity contribution in [2.75, 3.05) is 7.05 Å². The fourth-order valence-corrected chi connectivity index (χ4v) is 2.46. The van der Waals surface area contributed by atoms with Crippen molar-refractivity contribution >= 4 is 10.9 Å². The van der Waals surface area contributed by atoms with Crippen molar-refractivity contribution in [1.29, 1.82) is 0 Å². The van der Waals surface area contributed by atoms with Gasteiger partial charge in [-0.25, -0.2) is 0 Å². The van der Waals surface area contributed by atoms with Crippen LogP contribution in [0.15, 0.2) is 24.3 Å². The molecule has 1 aromatic carbocycles. The standard InChI is InChI=1S/C15H22N2O/c1-10(2)17-13(7-11(3)16-4)8-12-9-14(18)5-6-15(12)17/h5-6,8-11,16,18H,7H2,1-4H3. The Balaban J connectivity index is 2.54. The largest absolute Gasteiger partial charge is 0.508 e. The highest BCUT2D eigenvalue weighted by Crippen LogP contribution is 2.27. The normalized spacial score (nSPS) is 13.4. The number of fused-ring (bicyclic) bond motifs is 1. The summed E-state index contributed by atoms with van der Waals surface area (Å²) in [6.07, 6.45) is 0.990. The monoisotopic (exact) mass is 246 g/mol. The summed E-state index contributed by atoms with van der Waals surface area (Å²) < 4.78 is 2.35. The molecular formula is C15H22N2O. The number of phenolic OH excluding ortho intramolecular Hbond substituents is 1. The molecule has 1 unspecified atom stereocenters. The van der Waals surface area contributed by atoms with E-state index in [-0.39, 0.29) is 0 Å². The highest BCUT2D eigenvalue weighted by Gasteiger charge is 2.13. The fourth-order valence-electron chi connectivity index (χ4n) is 2.46. The van der Waals surface area contributed by atoms with E-state index in [1.807, 2.05) is 19.2 Å². The first kappa shape index (κ1) is 13.0. The Hall–Kier alpha value is -1.48. The van der Waals surface area contributed by atoms with Gasteiger partial charge in [0.25, 0.3) is 0 Å². The topological polar surface area (TPSA) is 37.2 Å². The molecule has 0 radical (unpaired) electrons. The lowest BCUT2D eigenvalue weighted by atomic mass is 10.1. The number of hydrogen-bond donors (Lipinski definition) is 2. The van der Waals surface area contributed by atoms with Crippen LogP contribution in [0.25, 0.3) is 10.9 Å². The second-order valence-corrected chi connectivity index (χ2v) is 5.24. The average molecular weight is 246 g/mol. The van der Waals surface area contributed by atoms with E-state index in [1.165, 1.54) is 11.2 Å². The zero-order chi connectivity index (χ0) is 13.3. The number of phenols is 1. The van der Waals surface area contributed by atoms with Gasteiger partial charge in [0.15, 0.2) is 0 Å². The van der Waals surface area contributed by atoms with E-state index in [4.69, 9.17) is 0 Å². The van der Waals surface area contributed by atoms with E-state index in [9.17, 15) is 5.11 Å². The molecule has 98 valence electrons. The summed E-state index contributed by atoms with van der Waals surface area (Å²) in [6.45, 7) is 6.57. The van der Waals surface area contributed by atoms with Gasteiger partial charge in [-0.1, -0.05) is 0 Å². The molecule has 2 N–H and O–H groups in total. The molecule has 3 heteroatoms. The predicted octanol–water partition coefficient (Wildman–Crippen LogP) is 3.08. The molecule has 18 heavy (non-hydrogen) atoms. The third kappa shape index (κ3) is 2.36. The van der Waals surface area contributed by atoms with E-state index in [1.54, 1.807) is 6.07 Å². The number of nitrogens with zero attached hydrogens (tertiary/aromatic N) is 1. The molecule has 1 atom stereocenters. The first-order chi connectivity index (χ1) is 8.52. The van der Waals surface area contributed by atoms with E-state index in [0.29, 0.717) is 17.8 Å². The van der Waals surface area contributed by atoms with Gasteiger partial charge >= 0.3 is 0 Å². The number of aromatic hydroxyl groups is 1. The SMILES string of the molecule is CNC(C)Cc1cc2cc(O)ccc2n1C(C)C. The molecule has 2 rings (SSSR count). The van der Waals surface area contributed by atoms with E-state index in [2.05, 4.69) is 36.7 Å². The van der Waals surface area contributed by atoms with Crippen molar-refractivity contribution < 1.29 is 5.11 Å². The summed E-state index contributed by atoms with van der Waals surface area (Å²) >= 11 is 0. The molecular weight excluding hydrogens is 224 g/mol. The number of likely N-dealkylation sites (N-methyl/N-ethyl adjacent to an activating group) is 1. The molecule has 0 aliphatic heterocycles. The van der Waals surface area contributed by atoms with Crippen LogP contribution in [-0.4, -0.2) is 22.8 Å². The van der Waals surface area contributed by atoms with Crippen molar-refractivity contribution in [3.63, 3.8) is 0 Å². The van der Waals surface area contributed by atoms with Crippen LogP contribution < -0.4 is 5.32 Å². The van der Waals surface area contributed by atoms with Gasteiger partial charge in [0.2, 0.25) is 0 Å². The lowest BCUT2D eigenvalue weighted by molar-refractivity contribution is 0.476. The Kier molecular flexibility index (Phi) is 3.62. The zero-order valence-electron chi connectivity index (χ0n) is 11.6. The van der Waals surface area contributed by atoms with Crippen LogP contribution in [0.3, 0.4) is 0 Å². The average Bonchev–Trinajstić information content (AvgIpc) is 2.65. The smallest absolute Gasteiger partial charge is 0.116 e. The third-order valence-electron chi connectivity index (χ3n) is 3.43. The number of hydrogen-bond acceptors (Lipinski definition) is 2. The maximum Gasteiger partial charge on any atom is 0.116 e. The zero-order valence-corrected chi connectivity index (χ0v) is 11.6. The van der Waals surface area contributed by atoms with Crippen LogP contribution in [0, 0.1) is 0 Å². The number of rotatable bonds is 4. The molecule has 0 saturated carbocycles. The van der Waals surface area contributed by atoms with Crippen LogP contribution in [0.2, 0.25) is 0 Å². The highest BCUT2D eigenvalue weighted by molar-refractivity contribution is 5.83. The van der Waals surface area contributed by atoms with Crippen molar-refractivity contribution in [3.8, 4) is 5.75 Å². The van der Waals surface area contributed by atoms with E-state index < -0.39 is 0 Å². The molecule has 1 heterocycles. The van der Waals surface area contributed by atoms with Gasteiger partial charge in [-0.3, -0.25) is 0 Å². The Morgan fingerprint density at radius 1 is 1.22 bits per heavy atom. The molecule has 0 spiro atoms. The van der Waals surface area contributed by atoms with Crippen molar-refractivity contribution in [3.05, 3.63) is 30.0 Å². The Labute approximate surface area is 108 Å². The van der Waals surface area contributed by atoms with Crippen molar-refractivity contribution in [1.82, 2.24) is 9.88 Å². The van der Waals surface area contributed by atoms with Gasteiger partial charge in [0, 0.05) is 35.1 Å². The molecule has 0 amide bonds. The highest BCUT2D eigenvalue weighted by atomic mass is 16.3. The lowest BCUT2D eigenvalue weighted by Gasteiger charge is -2.17. The van der Waals surface area contributed by atoms with E-state index >= 15 is 0 Å². The van der Waals surface area contributed by atoms with Crippen LogP contribution in [0.1, 0.15) is 32.5 Å². The Morgan fingerprint density at radius 3 is 2.56 bits per heavy atom. The third-order valence-corrected chi connectivity index (χ3v) is 3.43. The molecule has 0 fully saturated rings. The first-order valence-corrected chi connectivity index (χ1v) is 6.53. The molecule has 3 nitrogen and oxygen atoms in total. The van der Waals surface area contributed by atoms with Gasteiger partial charge < -0.3 is 15.0 Å². The van der Waals surface area contributed by atoms with Crippen LogP contribution >= 0.6 is 0 Å². The molecule has 2 aromatic rings. The minimum Gasteiger partial charge on any atom is -0.508 e.